The summed E-state index contributed by atoms with van der Waals surface area (Å²) in [7, 11) is 1.62. The molecule has 1 aromatic carbocycles. The van der Waals surface area contributed by atoms with Crippen molar-refractivity contribution in [2.24, 2.45) is 5.16 Å². The van der Waals surface area contributed by atoms with E-state index in [0.29, 0.717) is 21.8 Å². The first-order chi connectivity index (χ1) is 10.9. The van der Waals surface area contributed by atoms with Gasteiger partial charge in [-0.3, -0.25) is 0 Å². The third-order valence-electron chi connectivity index (χ3n) is 2.91. The van der Waals surface area contributed by atoms with Crippen molar-refractivity contribution in [2.45, 2.75) is 38.2 Å². The molecule has 0 unspecified atom stereocenters. The minimum atomic E-state index is -0.382. The van der Waals surface area contributed by atoms with E-state index in [-0.39, 0.29) is 5.97 Å². The lowest BCUT2D eigenvalue weighted by molar-refractivity contribution is -0.136. The Bertz CT molecular complexity index is 622. The van der Waals surface area contributed by atoms with Crippen LogP contribution in [0, 0.1) is 0 Å². The number of methoxy groups -OCH3 is 1. The van der Waals surface area contributed by atoms with Crippen LogP contribution in [-0.2, 0) is 9.63 Å². The number of carbonyl (C=O) groups excluding carboxylic acids is 1. The summed E-state index contributed by atoms with van der Waals surface area (Å²) in [6.07, 6.45) is 0. The number of thioether (sulfide) groups is 2. The molecule has 0 bridgehead atoms. The Hall–Kier alpha value is -1.40. The normalized spacial score (nSPS) is 14.3. The van der Waals surface area contributed by atoms with Crippen LogP contribution >= 0.6 is 23.5 Å². The minimum Gasteiger partial charge on any atom is -0.497 e. The van der Waals surface area contributed by atoms with E-state index in [9.17, 15) is 4.79 Å². The Balaban J connectivity index is 2.44. The van der Waals surface area contributed by atoms with Crippen molar-refractivity contribution in [2.75, 3.05) is 7.11 Å². The lowest BCUT2D eigenvalue weighted by Crippen LogP contribution is -2.10. The number of carbonyl (C=O) groups is 1. The van der Waals surface area contributed by atoms with Gasteiger partial charge in [-0.15, -0.1) is 23.5 Å². The van der Waals surface area contributed by atoms with Crippen molar-refractivity contribution in [1.29, 1.82) is 0 Å². The van der Waals surface area contributed by atoms with Crippen LogP contribution < -0.4 is 4.74 Å². The maximum absolute atomic E-state index is 12.2. The highest BCUT2D eigenvalue weighted by atomic mass is 32.2. The highest BCUT2D eigenvalue weighted by Gasteiger charge is 2.31. The summed E-state index contributed by atoms with van der Waals surface area (Å²) in [4.78, 5) is 17.2. The maximum Gasteiger partial charge on any atom is 0.369 e. The SMILES string of the molecule is COc1ccc(C2=NOC(=O)C2=C(SC(C)C)SC(C)C)cc1. The zero-order valence-corrected chi connectivity index (χ0v) is 15.6. The van der Waals surface area contributed by atoms with E-state index < -0.39 is 0 Å². The lowest BCUT2D eigenvalue weighted by Gasteiger charge is -2.14. The molecule has 0 N–H and O–H groups in total. The van der Waals surface area contributed by atoms with Crippen LogP contribution in [0.5, 0.6) is 5.75 Å². The van der Waals surface area contributed by atoms with E-state index >= 15 is 0 Å². The first kappa shape index (κ1) is 17.9. The van der Waals surface area contributed by atoms with Crippen LogP contribution in [0.25, 0.3) is 0 Å². The van der Waals surface area contributed by atoms with Gasteiger partial charge in [-0.05, 0) is 24.3 Å². The molecule has 0 saturated carbocycles. The maximum atomic E-state index is 12.2. The van der Waals surface area contributed by atoms with Crippen LogP contribution in [-0.4, -0.2) is 29.3 Å². The molecule has 0 atom stereocenters. The predicted octanol–water partition coefficient (Wildman–Crippen LogP) is 4.45. The highest BCUT2D eigenvalue weighted by molar-refractivity contribution is 8.22. The van der Waals surface area contributed by atoms with Gasteiger partial charge in [0.2, 0.25) is 0 Å². The molecule has 0 aromatic heterocycles. The second-order valence-electron chi connectivity index (χ2n) is 5.54. The molecule has 1 aromatic rings. The van der Waals surface area contributed by atoms with E-state index in [1.54, 1.807) is 30.6 Å². The summed E-state index contributed by atoms with van der Waals surface area (Å²) < 4.78 is 6.14. The summed E-state index contributed by atoms with van der Waals surface area (Å²) in [6, 6.07) is 7.47. The molecular weight excluding hydrogens is 330 g/mol. The van der Waals surface area contributed by atoms with Gasteiger partial charge < -0.3 is 9.57 Å². The van der Waals surface area contributed by atoms with Crippen LogP contribution in [0.4, 0.5) is 0 Å². The molecular formula is C17H21NO3S2. The molecule has 0 amide bonds. The second kappa shape index (κ2) is 7.93. The van der Waals surface area contributed by atoms with Gasteiger partial charge in [0.1, 0.15) is 17.0 Å². The molecule has 1 heterocycles. The summed E-state index contributed by atoms with van der Waals surface area (Å²) in [5.74, 6) is 0.380. The lowest BCUT2D eigenvalue weighted by atomic mass is 10.0. The van der Waals surface area contributed by atoms with Crippen molar-refractivity contribution < 1.29 is 14.4 Å². The Morgan fingerprint density at radius 2 is 1.65 bits per heavy atom. The Morgan fingerprint density at radius 1 is 1.09 bits per heavy atom. The molecule has 23 heavy (non-hydrogen) atoms. The standard InChI is InChI=1S/C17H21NO3S2/c1-10(2)22-17(23-11(3)4)14-15(18-21-16(14)19)12-6-8-13(20-5)9-7-12/h6-11H,1-5H3. The Labute approximate surface area is 145 Å². The molecule has 1 aliphatic heterocycles. The number of ether oxygens (including phenoxy) is 1. The molecule has 4 nitrogen and oxygen atoms in total. The first-order valence-corrected chi connectivity index (χ1v) is 9.20. The molecule has 2 rings (SSSR count). The van der Waals surface area contributed by atoms with Crippen molar-refractivity contribution >= 4 is 35.2 Å². The zero-order valence-electron chi connectivity index (χ0n) is 14.0. The highest BCUT2D eigenvalue weighted by Crippen LogP contribution is 2.40. The van der Waals surface area contributed by atoms with Gasteiger partial charge in [-0.1, -0.05) is 32.9 Å². The Kier molecular flexibility index (Phi) is 6.18. The van der Waals surface area contributed by atoms with Crippen LogP contribution in [0.15, 0.2) is 39.2 Å². The van der Waals surface area contributed by atoms with Gasteiger partial charge in [0.15, 0.2) is 0 Å². The summed E-state index contributed by atoms with van der Waals surface area (Å²) in [6.45, 7) is 8.43. The number of benzene rings is 1. The molecule has 0 aliphatic carbocycles. The second-order valence-corrected chi connectivity index (χ2v) is 8.97. The van der Waals surface area contributed by atoms with Crippen LogP contribution in [0.1, 0.15) is 33.3 Å². The molecule has 0 fully saturated rings. The van der Waals surface area contributed by atoms with Crippen LogP contribution in [0.3, 0.4) is 0 Å². The van der Waals surface area contributed by atoms with E-state index in [4.69, 9.17) is 9.57 Å². The number of nitrogens with zero attached hydrogens (tertiary/aromatic N) is 1. The minimum absolute atomic E-state index is 0.370. The molecule has 0 saturated heterocycles. The van der Waals surface area contributed by atoms with Gasteiger partial charge in [-0.25, -0.2) is 4.79 Å². The topological polar surface area (TPSA) is 47.9 Å². The van der Waals surface area contributed by atoms with Crippen molar-refractivity contribution in [1.82, 2.24) is 0 Å². The van der Waals surface area contributed by atoms with Gasteiger partial charge in [-0.2, -0.15) is 0 Å². The fraction of sp³-hybridized carbons (Fsp3) is 0.412. The molecule has 0 spiro atoms. The summed E-state index contributed by atoms with van der Waals surface area (Å²) >= 11 is 3.34. The first-order valence-electron chi connectivity index (χ1n) is 7.44. The zero-order chi connectivity index (χ0) is 17.0. The average Bonchev–Trinajstić information content (AvgIpc) is 2.87. The van der Waals surface area contributed by atoms with Crippen LogP contribution in [0.2, 0.25) is 0 Å². The van der Waals surface area contributed by atoms with Gasteiger partial charge in [0, 0.05) is 16.1 Å². The van der Waals surface area contributed by atoms with Crippen molar-refractivity contribution in [3.63, 3.8) is 0 Å². The van der Waals surface area contributed by atoms with E-state index in [2.05, 4.69) is 32.9 Å². The number of oxime groups is 1. The quantitative estimate of drug-likeness (QED) is 0.560. The van der Waals surface area contributed by atoms with E-state index in [1.165, 1.54) is 0 Å². The molecule has 1 aliphatic rings. The number of rotatable bonds is 6. The molecule has 124 valence electrons. The Morgan fingerprint density at radius 3 is 2.13 bits per heavy atom. The monoisotopic (exact) mass is 351 g/mol. The number of hydrogen-bond acceptors (Lipinski definition) is 6. The third kappa shape index (κ3) is 4.54. The summed E-state index contributed by atoms with van der Waals surface area (Å²) in [5.41, 5.74) is 2.00. The number of hydrogen-bond donors (Lipinski definition) is 0. The fourth-order valence-electron chi connectivity index (χ4n) is 1.97. The van der Waals surface area contributed by atoms with E-state index in [1.807, 2.05) is 24.3 Å². The average molecular weight is 351 g/mol. The fourth-order valence-corrected chi connectivity index (χ4v) is 4.80. The third-order valence-corrected chi connectivity index (χ3v) is 5.27. The smallest absolute Gasteiger partial charge is 0.369 e. The predicted molar refractivity (Wildman–Crippen MR) is 98.1 cm³/mol. The molecule has 6 heteroatoms. The van der Waals surface area contributed by atoms with Crippen molar-refractivity contribution in [3.8, 4) is 5.75 Å². The van der Waals surface area contributed by atoms with Crippen molar-refractivity contribution in [3.05, 3.63) is 39.6 Å². The van der Waals surface area contributed by atoms with Gasteiger partial charge in [0.05, 0.1) is 11.3 Å². The molecule has 0 radical (unpaired) electrons. The van der Waals surface area contributed by atoms with Gasteiger partial charge in [0.25, 0.3) is 0 Å². The summed E-state index contributed by atoms with van der Waals surface area (Å²) in [5, 5.41) is 4.74. The van der Waals surface area contributed by atoms with Gasteiger partial charge >= 0.3 is 5.97 Å². The largest absolute Gasteiger partial charge is 0.497 e. The van der Waals surface area contributed by atoms with E-state index in [0.717, 1.165) is 15.6 Å².